The van der Waals surface area contributed by atoms with Crippen LogP contribution in [0.1, 0.15) is 43.6 Å². The first-order valence-electron chi connectivity index (χ1n) is 10.5. The van der Waals surface area contributed by atoms with Crippen LogP contribution in [-0.2, 0) is 26.7 Å². The van der Waals surface area contributed by atoms with Crippen LogP contribution in [0.5, 0.6) is 0 Å². The number of carboxylic acid groups (broad SMARTS) is 1. The monoisotopic (exact) mass is 468 g/mol. The summed E-state index contributed by atoms with van der Waals surface area (Å²) in [5, 5.41) is 11.7. The minimum atomic E-state index is -3.87. The molecule has 2 heterocycles. The van der Waals surface area contributed by atoms with E-state index >= 15 is 0 Å². The van der Waals surface area contributed by atoms with Crippen molar-refractivity contribution in [1.29, 1.82) is 0 Å². The topological polar surface area (TPSA) is 121 Å². The average molecular weight is 469 g/mol. The zero-order chi connectivity index (χ0) is 24.1. The molecule has 3 rings (SSSR count). The third-order valence-corrected chi connectivity index (χ3v) is 6.48. The molecule has 33 heavy (non-hydrogen) atoms. The molecule has 0 radical (unpaired) electrons. The molecule has 0 spiro atoms. The summed E-state index contributed by atoms with van der Waals surface area (Å²) in [5.41, 5.74) is 2.50. The smallest absolute Gasteiger partial charge is 0.322 e. The highest BCUT2D eigenvalue weighted by molar-refractivity contribution is 7.89. The summed E-state index contributed by atoms with van der Waals surface area (Å²) in [7, 11) is -3.87. The van der Waals surface area contributed by atoms with E-state index < -0.39 is 22.0 Å². The Morgan fingerprint density at radius 1 is 1.09 bits per heavy atom. The molecule has 0 amide bonds. The fourth-order valence-electron chi connectivity index (χ4n) is 3.28. The van der Waals surface area contributed by atoms with Gasteiger partial charge in [-0.3, -0.25) is 9.78 Å². The molecule has 0 aliphatic rings. The molecule has 0 saturated carbocycles. The lowest BCUT2D eigenvalue weighted by atomic mass is 9.85. The average Bonchev–Trinajstić information content (AvgIpc) is 2.77. The van der Waals surface area contributed by atoms with Crippen LogP contribution in [0.2, 0.25) is 0 Å². The number of carbonyl (C=O) groups is 1. The van der Waals surface area contributed by atoms with Crippen molar-refractivity contribution < 1.29 is 18.3 Å². The molecule has 1 aromatic carbocycles. The standard InChI is InChI=1S/C24H28N4O4S/c1-24(2,3)18-8-4-7-17(13-18)14-21(28-33(31,32)19-9-6-12-25-15-19)20-10-5-11-22(27-20)26-16-23(29)30/h4-13,15,21,28H,14,16H2,1-3H3,(H,26,27)(H,29,30). The SMILES string of the molecule is CC(C)(C)c1cccc(CC(NS(=O)(=O)c2cccnc2)c2cccc(NCC(=O)O)n2)c1. The Labute approximate surface area is 194 Å². The summed E-state index contributed by atoms with van der Waals surface area (Å²) in [4.78, 5) is 19.3. The Morgan fingerprint density at radius 2 is 1.85 bits per heavy atom. The number of aliphatic carboxylic acids is 1. The fourth-order valence-corrected chi connectivity index (χ4v) is 4.45. The van der Waals surface area contributed by atoms with Gasteiger partial charge in [-0.05, 0) is 47.2 Å². The Balaban J connectivity index is 1.97. The van der Waals surface area contributed by atoms with Crippen LogP contribution < -0.4 is 10.0 Å². The predicted octanol–water partition coefficient (Wildman–Crippen LogP) is 3.53. The highest BCUT2D eigenvalue weighted by atomic mass is 32.2. The van der Waals surface area contributed by atoms with Gasteiger partial charge in [0.1, 0.15) is 17.3 Å². The number of hydrogen-bond acceptors (Lipinski definition) is 6. The molecule has 3 aromatic rings. The van der Waals surface area contributed by atoms with Crippen LogP contribution in [0.25, 0.3) is 0 Å². The highest BCUT2D eigenvalue weighted by Crippen LogP contribution is 2.26. The summed E-state index contributed by atoms with van der Waals surface area (Å²) >= 11 is 0. The van der Waals surface area contributed by atoms with Crippen LogP contribution in [0.15, 0.2) is 71.9 Å². The minimum Gasteiger partial charge on any atom is -0.480 e. The van der Waals surface area contributed by atoms with Crippen molar-refractivity contribution in [3.8, 4) is 0 Å². The van der Waals surface area contributed by atoms with Crippen LogP contribution >= 0.6 is 0 Å². The summed E-state index contributed by atoms with van der Waals surface area (Å²) in [5.74, 6) is -0.668. The van der Waals surface area contributed by atoms with Crippen LogP contribution in [-0.4, -0.2) is 36.0 Å². The van der Waals surface area contributed by atoms with Gasteiger partial charge in [0.25, 0.3) is 0 Å². The van der Waals surface area contributed by atoms with Crippen molar-refractivity contribution in [3.63, 3.8) is 0 Å². The van der Waals surface area contributed by atoms with Gasteiger partial charge in [0, 0.05) is 12.4 Å². The molecule has 3 N–H and O–H groups in total. The number of rotatable bonds is 9. The maximum atomic E-state index is 13.1. The molecular formula is C24H28N4O4S. The van der Waals surface area contributed by atoms with Crippen LogP contribution in [0, 0.1) is 0 Å². The number of aromatic nitrogens is 2. The van der Waals surface area contributed by atoms with E-state index in [0.717, 1.165) is 11.1 Å². The summed E-state index contributed by atoms with van der Waals surface area (Å²) < 4.78 is 28.9. The second-order valence-corrected chi connectivity index (χ2v) is 10.4. The maximum Gasteiger partial charge on any atom is 0.322 e. The van der Waals surface area contributed by atoms with E-state index in [1.807, 2.05) is 18.2 Å². The molecular weight excluding hydrogens is 440 g/mol. The van der Waals surface area contributed by atoms with Gasteiger partial charge in [0.15, 0.2) is 0 Å². The van der Waals surface area contributed by atoms with Gasteiger partial charge in [-0.15, -0.1) is 0 Å². The first kappa shape index (κ1) is 24.3. The Kier molecular flexibility index (Phi) is 7.45. The van der Waals surface area contributed by atoms with Crippen molar-refractivity contribution in [2.75, 3.05) is 11.9 Å². The number of nitrogens with zero attached hydrogens (tertiary/aromatic N) is 2. The Morgan fingerprint density at radius 3 is 2.52 bits per heavy atom. The van der Waals surface area contributed by atoms with Crippen molar-refractivity contribution in [1.82, 2.24) is 14.7 Å². The molecule has 0 aliphatic heterocycles. The molecule has 0 fully saturated rings. The van der Waals surface area contributed by atoms with Gasteiger partial charge in [-0.2, -0.15) is 0 Å². The van der Waals surface area contributed by atoms with E-state index in [4.69, 9.17) is 5.11 Å². The van der Waals surface area contributed by atoms with Crippen molar-refractivity contribution in [3.05, 3.63) is 83.8 Å². The Hall–Kier alpha value is -3.30. The second-order valence-electron chi connectivity index (χ2n) is 8.71. The molecule has 0 saturated heterocycles. The van der Waals surface area contributed by atoms with Gasteiger partial charge in [-0.25, -0.2) is 18.1 Å². The number of anilines is 1. The molecule has 1 unspecified atom stereocenters. The number of hydrogen-bond donors (Lipinski definition) is 3. The van der Waals surface area contributed by atoms with E-state index in [-0.39, 0.29) is 16.9 Å². The van der Waals surface area contributed by atoms with Gasteiger partial charge in [-0.1, -0.05) is 51.1 Å². The molecule has 9 heteroatoms. The van der Waals surface area contributed by atoms with Crippen molar-refractivity contribution >= 4 is 21.8 Å². The van der Waals surface area contributed by atoms with Gasteiger partial charge < -0.3 is 10.4 Å². The summed E-state index contributed by atoms with van der Waals surface area (Å²) in [6.07, 6.45) is 3.16. The molecule has 174 valence electrons. The third kappa shape index (κ3) is 6.84. The van der Waals surface area contributed by atoms with Gasteiger partial charge >= 0.3 is 5.97 Å². The first-order chi connectivity index (χ1) is 15.5. The number of nitrogens with one attached hydrogen (secondary N) is 2. The molecule has 0 bridgehead atoms. The van der Waals surface area contributed by atoms with E-state index in [1.165, 1.54) is 18.5 Å². The largest absolute Gasteiger partial charge is 0.480 e. The van der Waals surface area contributed by atoms with Crippen LogP contribution in [0.3, 0.4) is 0 Å². The van der Waals surface area contributed by atoms with Crippen molar-refractivity contribution in [2.24, 2.45) is 0 Å². The zero-order valence-electron chi connectivity index (χ0n) is 18.8. The molecule has 2 aromatic heterocycles. The number of carboxylic acids is 1. The lowest BCUT2D eigenvalue weighted by Gasteiger charge is -2.22. The Bertz CT molecular complexity index is 1210. The van der Waals surface area contributed by atoms with Crippen LogP contribution in [0.4, 0.5) is 5.82 Å². The number of sulfonamides is 1. The number of benzene rings is 1. The van der Waals surface area contributed by atoms with Gasteiger partial charge in [0.05, 0.1) is 11.7 Å². The quantitative estimate of drug-likeness (QED) is 0.439. The van der Waals surface area contributed by atoms with E-state index in [9.17, 15) is 13.2 Å². The third-order valence-electron chi connectivity index (χ3n) is 5.02. The lowest BCUT2D eigenvalue weighted by molar-refractivity contribution is -0.134. The fraction of sp³-hybridized carbons (Fsp3) is 0.292. The lowest BCUT2D eigenvalue weighted by Crippen LogP contribution is -2.31. The van der Waals surface area contributed by atoms with Crippen molar-refractivity contribution in [2.45, 2.75) is 43.5 Å². The summed E-state index contributed by atoms with van der Waals surface area (Å²) in [6, 6.07) is 15.4. The minimum absolute atomic E-state index is 0.0543. The zero-order valence-corrected chi connectivity index (χ0v) is 19.6. The molecule has 1 atom stereocenters. The summed E-state index contributed by atoms with van der Waals surface area (Å²) in [6.45, 7) is 6.06. The van der Waals surface area contributed by atoms with E-state index in [0.29, 0.717) is 17.9 Å². The normalized spacial score (nSPS) is 12.8. The maximum absolute atomic E-state index is 13.1. The number of pyridine rings is 2. The predicted molar refractivity (Wildman–Crippen MR) is 127 cm³/mol. The highest BCUT2D eigenvalue weighted by Gasteiger charge is 2.24. The molecule has 0 aliphatic carbocycles. The molecule has 8 nitrogen and oxygen atoms in total. The van der Waals surface area contributed by atoms with Gasteiger partial charge in [0.2, 0.25) is 10.0 Å². The second kappa shape index (κ2) is 10.1. The first-order valence-corrected chi connectivity index (χ1v) is 12.0. The van der Waals surface area contributed by atoms with E-state index in [1.54, 1.807) is 24.3 Å². The van der Waals surface area contributed by atoms with E-state index in [2.05, 4.69) is 46.8 Å².